The molecule has 0 saturated heterocycles. The van der Waals surface area contributed by atoms with E-state index in [0.29, 0.717) is 5.28 Å². The van der Waals surface area contributed by atoms with Gasteiger partial charge < -0.3 is 4.57 Å². The first-order chi connectivity index (χ1) is 6.83. The fourth-order valence-electron chi connectivity index (χ4n) is 1.49. The lowest BCUT2D eigenvalue weighted by Gasteiger charge is -2.05. The van der Waals surface area contributed by atoms with Gasteiger partial charge in [-0.05, 0) is 24.1 Å². The molecule has 0 saturated carbocycles. The van der Waals surface area contributed by atoms with Crippen molar-refractivity contribution in [2.45, 2.75) is 13.5 Å². The summed E-state index contributed by atoms with van der Waals surface area (Å²) in [7, 11) is 0. The van der Waals surface area contributed by atoms with Crippen LogP contribution >= 0.6 is 11.6 Å². The van der Waals surface area contributed by atoms with E-state index in [4.69, 9.17) is 11.6 Å². The number of imidazole rings is 1. The minimum atomic E-state index is 0.548. The van der Waals surface area contributed by atoms with E-state index >= 15 is 0 Å². The van der Waals surface area contributed by atoms with Crippen molar-refractivity contribution in [2.24, 2.45) is 0 Å². The topological polar surface area (TPSA) is 17.8 Å². The molecule has 2 rings (SSSR count). The summed E-state index contributed by atoms with van der Waals surface area (Å²) in [5.41, 5.74) is 2.21. The lowest BCUT2D eigenvalue weighted by molar-refractivity contribution is 0.770. The van der Waals surface area contributed by atoms with Gasteiger partial charge in [0.15, 0.2) is 0 Å². The van der Waals surface area contributed by atoms with Crippen LogP contribution in [0.3, 0.4) is 0 Å². The van der Waals surface area contributed by atoms with E-state index in [-0.39, 0.29) is 0 Å². The van der Waals surface area contributed by atoms with Gasteiger partial charge in [-0.15, -0.1) is 0 Å². The van der Waals surface area contributed by atoms with Gasteiger partial charge in [-0.2, -0.15) is 0 Å². The molecule has 72 valence electrons. The third kappa shape index (κ3) is 1.53. The number of hydrogen-bond donors (Lipinski definition) is 0. The summed E-state index contributed by atoms with van der Waals surface area (Å²) in [6.07, 6.45) is 1.81. The van der Waals surface area contributed by atoms with Crippen molar-refractivity contribution in [1.29, 1.82) is 0 Å². The molecule has 0 N–H and O–H groups in total. The third-order valence-electron chi connectivity index (χ3n) is 2.19. The van der Waals surface area contributed by atoms with Crippen LogP contribution in [-0.2, 0) is 6.54 Å². The van der Waals surface area contributed by atoms with Gasteiger partial charge in [0.2, 0.25) is 5.28 Å². The van der Waals surface area contributed by atoms with Crippen LogP contribution in [0.2, 0.25) is 5.28 Å². The van der Waals surface area contributed by atoms with E-state index in [1.54, 1.807) is 6.20 Å². The van der Waals surface area contributed by atoms with Crippen LogP contribution in [0.5, 0.6) is 0 Å². The highest BCUT2D eigenvalue weighted by Gasteiger charge is 2.07. The molecule has 0 aliphatic rings. The number of aromatic nitrogens is 2. The highest BCUT2D eigenvalue weighted by molar-refractivity contribution is 6.28. The maximum absolute atomic E-state index is 5.95. The predicted octanol–water partition coefficient (Wildman–Crippen LogP) is 3.22. The van der Waals surface area contributed by atoms with E-state index in [1.165, 1.54) is 0 Å². The molecule has 0 atom stereocenters. The van der Waals surface area contributed by atoms with Crippen LogP contribution in [0.25, 0.3) is 11.3 Å². The van der Waals surface area contributed by atoms with Crippen LogP contribution in [0.15, 0.2) is 36.5 Å². The molecule has 1 aromatic carbocycles. The van der Waals surface area contributed by atoms with Crippen LogP contribution in [-0.4, -0.2) is 9.55 Å². The zero-order valence-corrected chi connectivity index (χ0v) is 8.70. The van der Waals surface area contributed by atoms with Crippen molar-refractivity contribution in [1.82, 2.24) is 9.55 Å². The second-order valence-electron chi connectivity index (χ2n) is 3.02. The Kier molecular flexibility index (Phi) is 2.55. The number of benzene rings is 1. The second-order valence-corrected chi connectivity index (χ2v) is 3.36. The molecule has 3 heteroatoms. The molecular formula is C11H11ClN2. The fraction of sp³-hybridized carbons (Fsp3) is 0.182. The molecule has 0 aliphatic heterocycles. The molecule has 14 heavy (non-hydrogen) atoms. The first-order valence-electron chi connectivity index (χ1n) is 4.59. The lowest BCUT2D eigenvalue weighted by atomic mass is 10.2. The highest BCUT2D eigenvalue weighted by Crippen LogP contribution is 2.22. The summed E-state index contributed by atoms with van der Waals surface area (Å²) in [6, 6.07) is 10.1. The summed E-state index contributed by atoms with van der Waals surface area (Å²) in [5.74, 6) is 0. The zero-order chi connectivity index (χ0) is 9.97. The lowest BCUT2D eigenvalue weighted by Crippen LogP contribution is -1.96. The van der Waals surface area contributed by atoms with Gasteiger partial charge in [0, 0.05) is 6.54 Å². The van der Waals surface area contributed by atoms with Crippen molar-refractivity contribution >= 4 is 11.6 Å². The van der Waals surface area contributed by atoms with E-state index in [0.717, 1.165) is 17.8 Å². The Bertz CT molecular complexity index is 420. The largest absolute Gasteiger partial charge is 0.315 e. The molecule has 0 amide bonds. The number of rotatable bonds is 2. The summed E-state index contributed by atoms with van der Waals surface area (Å²) in [6.45, 7) is 2.89. The summed E-state index contributed by atoms with van der Waals surface area (Å²) < 4.78 is 1.98. The van der Waals surface area contributed by atoms with Gasteiger partial charge in [-0.1, -0.05) is 30.3 Å². The molecule has 0 spiro atoms. The van der Waals surface area contributed by atoms with E-state index < -0.39 is 0 Å². The molecule has 0 radical (unpaired) electrons. The van der Waals surface area contributed by atoms with Crippen LogP contribution in [0.4, 0.5) is 0 Å². The number of hydrogen-bond acceptors (Lipinski definition) is 1. The molecule has 0 unspecified atom stereocenters. The highest BCUT2D eigenvalue weighted by atomic mass is 35.5. The molecule has 1 heterocycles. The van der Waals surface area contributed by atoms with E-state index in [1.807, 2.05) is 22.8 Å². The summed E-state index contributed by atoms with van der Waals surface area (Å²) >= 11 is 5.95. The molecule has 2 nitrogen and oxygen atoms in total. The Labute approximate surface area is 88.2 Å². The Morgan fingerprint density at radius 3 is 2.64 bits per heavy atom. The van der Waals surface area contributed by atoms with Gasteiger partial charge in [0.1, 0.15) is 0 Å². The van der Waals surface area contributed by atoms with Crippen molar-refractivity contribution in [3.05, 3.63) is 41.8 Å². The van der Waals surface area contributed by atoms with Crippen molar-refractivity contribution in [2.75, 3.05) is 0 Å². The fourth-order valence-corrected chi connectivity index (χ4v) is 1.75. The van der Waals surface area contributed by atoms with Gasteiger partial charge in [0.25, 0.3) is 0 Å². The molecule has 0 bridgehead atoms. The Morgan fingerprint density at radius 1 is 1.29 bits per heavy atom. The van der Waals surface area contributed by atoms with Gasteiger partial charge in [0.05, 0.1) is 11.9 Å². The van der Waals surface area contributed by atoms with Crippen molar-refractivity contribution < 1.29 is 0 Å². The quantitative estimate of drug-likeness (QED) is 0.738. The van der Waals surface area contributed by atoms with Crippen molar-refractivity contribution in [3.8, 4) is 11.3 Å². The molecule has 0 fully saturated rings. The van der Waals surface area contributed by atoms with Crippen LogP contribution in [0, 0.1) is 0 Å². The van der Waals surface area contributed by atoms with Gasteiger partial charge >= 0.3 is 0 Å². The third-order valence-corrected chi connectivity index (χ3v) is 2.49. The SMILES string of the molecule is CCn1c(-c2ccccc2)cnc1Cl. The second kappa shape index (κ2) is 3.84. The average molecular weight is 207 g/mol. The standard InChI is InChI=1S/C11H11ClN2/c1-2-14-10(8-13-11(14)12)9-6-4-3-5-7-9/h3-8H,2H2,1H3. The average Bonchev–Trinajstić information content (AvgIpc) is 2.61. The van der Waals surface area contributed by atoms with Crippen molar-refractivity contribution in [3.63, 3.8) is 0 Å². The minimum absolute atomic E-state index is 0.548. The zero-order valence-electron chi connectivity index (χ0n) is 7.94. The molecular weight excluding hydrogens is 196 g/mol. The maximum Gasteiger partial charge on any atom is 0.203 e. The normalized spacial score (nSPS) is 10.4. The smallest absolute Gasteiger partial charge is 0.203 e. The summed E-state index contributed by atoms with van der Waals surface area (Å²) in [5, 5.41) is 0.548. The molecule has 2 aromatic rings. The minimum Gasteiger partial charge on any atom is -0.315 e. The monoisotopic (exact) mass is 206 g/mol. The van der Waals surface area contributed by atoms with Gasteiger partial charge in [-0.25, -0.2) is 4.98 Å². The van der Waals surface area contributed by atoms with Crippen LogP contribution in [0.1, 0.15) is 6.92 Å². The predicted molar refractivity (Wildman–Crippen MR) is 58.3 cm³/mol. The number of nitrogens with zero attached hydrogens (tertiary/aromatic N) is 2. The first-order valence-corrected chi connectivity index (χ1v) is 4.97. The van der Waals surface area contributed by atoms with E-state index in [9.17, 15) is 0 Å². The van der Waals surface area contributed by atoms with Gasteiger partial charge in [-0.3, -0.25) is 0 Å². The van der Waals surface area contributed by atoms with E-state index in [2.05, 4.69) is 24.0 Å². The van der Waals surface area contributed by atoms with Crippen LogP contribution < -0.4 is 0 Å². The first kappa shape index (κ1) is 9.28. The Balaban J connectivity index is 2.52. The Hall–Kier alpha value is -1.28. The number of halogens is 1. The Morgan fingerprint density at radius 2 is 2.00 bits per heavy atom. The summed E-state index contributed by atoms with van der Waals surface area (Å²) in [4.78, 5) is 4.09. The maximum atomic E-state index is 5.95. The molecule has 1 aromatic heterocycles. The molecule has 0 aliphatic carbocycles.